The largest absolute Gasteiger partial charge is 0.480 e. The summed E-state index contributed by atoms with van der Waals surface area (Å²) in [5.41, 5.74) is 4.55. The van der Waals surface area contributed by atoms with Crippen molar-refractivity contribution in [3.63, 3.8) is 0 Å². The first-order valence-electron chi connectivity index (χ1n) is 12.7. The van der Waals surface area contributed by atoms with E-state index in [9.17, 15) is 19.5 Å². The third kappa shape index (κ3) is 14.5. The van der Waals surface area contributed by atoms with Gasteiger partial charge in [-0.3, -0.25) is 14.4 Å². The van der Waals surface area contributed by atoms with Gasteiger partial charge in [-0.1, -0.05) is 64.4 Å². The second-order valence-corrected chi connectivity index (χ2v) is 9.52. The Morgan fingerprint density at radius 3 is 2.09 bits per heavy atom. The summed E-state index contributed by atoms with van der Waals surface area (Å²) in [5.74, 6) is -2.12. The lowest BCUT2D eigenvalue weighted by molar-refractivity contribution is -0.161. The Morgan fingerprint density at radius 1 is 0.971 bits per heavy atom. The van der Waals surface area contributed by atoms with Gasteiger partial charge in [0.2, 0.25) is 0 Å². The average Bonchev–Trinajstić information content (AvgIpc) is 2.80. The van der Waals surface area contributed by atoms with E-state index in [1.54, 1.807) is 6.92 Å². The Hall–Kier alpha value is -1.77. The number of allylic oxidation sites excluding steroid dienone is 2. The molecule has 34 heavy (non-hydrogen) atoms. The molecule has 2 atom stereocenters. The highest BCUT2D eigenvalue weighted by Gasteiger charge is 2.38. The number of rotatable bonds is 21. The number of aliphatic hydroxyl groups excluding tert-OH is 1. The number of carbonyl (C=O) groups is 3. The quantitative estimate of drug-likeness (QED) is 0.0953. The molecule has 0 aliphatic carbocycles. The summed E-state index contributed by atoms with van der Waals surface area (Å²) in [4.78, 5) is 35.8. The molecule has 0 fully saturated rings. The Labute approximate surface area is 205 Å². The van der Waals surface area contributed by atoms with Crippen molar-refractivity contribution in [2.75, 3.05) is 19.8 Å². The monoisotopic (exact) mass is 485 g/mol. The average molecular weight is 486 g/mol. The van der Waals surface area contributed by atoms with Crippen LogP contribution in [-0.2, 0) is 23.9 Å². The number of carboxylic acids is 1. The highest BCUT2D eigenvalue weighted by Crippen LogP contribution is 2.24. The highest BCUT2D eigenvalue weighted by molar-refractivity contribution is 6.11. The molecule has 0 aliphatic heterocycles. The van der Waals surface area contributed by atoms with Crippen molar-refractivity contribution in [1.82, 2.24) is 0 Å². The molecule has 1 unspecified atom stereocenters. The summed E-state index contributed by atoms with van der Waals surface area (Å²) in [5, 5.41) is 18.6. The molecular weight excluding hydrogens is 438 g/mol. The zero-order chi connectivity index (χ0) is 26.0. The molecule has 0 aromatic heterocycles. The Kier molecular flexibility index (Phi) is 17.6. The standard InChI is InChI=1S/C26H47NO7/c1-5-6-7-8-9-10-11-12-13-14-15-20(2)23(29)26(3,4)25(32)34-19-21(28)18-33-17-16-22(27)24(30)31/h15,21-22,28H,5-14,16-19,27H2,1-4H3,(H,30,31)/b20-15+/t21-,22?/m1/s1. The van der Waals surface area contributed by atoms with E-state index in [1.807, 2.05) is 6.08 Å². The number of aliphatic hydroxyl groups is 1. The number of carbonyl (C=O) groups excluding carboxylic acids is 2. The van der Waals surface area contributed by atoms with E-state index < -0.39 is 29.5 Å². The molecule has 4 N–H and O–H groups in total. The van der Waals surface area contributed by atoms with Crippen molar-refractivity contribution >= 4 is 17.7 Å². The van der Waals surface area contributed by atoms with Gasteiger partial charge in [-0.15, -0.1) is 0 Å². The molecule has 0 spiro atoms. The fourth-order valence-electron chi connectivity index (χ4n) is 3.41. The third-order valence-electron chi connectivity index (χ3n) is 5.80. The summed E-state index contributed by atoms with van der Waals surface area (Å²) in [7, 11) is 0. The normalized spacial score (nSPS) is 14.0. The van der Waals surface area contributed by atoms with Gasteiger partial charge in [-0.25, -0.2) is 0 Å². The molecule has 8 heteroatoms. The van der Waals surface area contributed by atoms with Crippen LogP contribution in [0.1, 0.15) is 98.3 Å². The second-order valence-electron chi connectivity index (χ2n) is 9.52. The van der Waals surface area contributed by atoms with Crippen LogP contribution in [-0.4, -0.2) is 59.9 Å². The minimum Gasteiger partial charge on any atom is -0.480 e. The van der Waals surface area contributed by atoms with Crippen LogP contribution in [0.5, 0.6) is 0 Å². The van der Waals surface area contributed by atoms with Crippen molar-refractivity contribution in [3.8, 4) is 0 Å². The number of hydrogen-bond donors (Lipinski definition) is 3. The number of ketones is 1. The number of esters is 1. The molecule has 8 nitrogen and oxygen atoms in total. The van der Waals surface area contributed by atoms with E-state index >= 15 is 0 Å². The highest BCUT2D eigenvalue weighted by atomic mass is 16.5. The molecule has 0 heterocycles. The van der Waals surface area contributed by atoms with Crippen LogP contribution in [0.2, 0.25) is 0 Å². The molecule has 0 aromatic carbocycles. The molecule has 0 rings (SSSR count). The predicted molar refractivity (Wildman–Crippen MR) is 132 cm³/mol. The first-order chi connectivity index (χ1) is 16.0. The maximum Gasteiger partial charge on any atom is 0.320 e. The predicted octanol–water partition coefficient (Wildman–Crippen LogP) is 4.17. The van der Waals surface area contributed by atoms with Crippen molar-refractivity contribution in [2.24, 2.45) is 11.1 Å². The lowest BCUT2D eigenvalue weighted by Crippen LogP contribution is -2.37. The molecule has 0 saturated heterocycles. The molecule has 0 aliphatic rings. The van der Waals surface area contributed by atoms with Crippen LogP contribution >= 0.6 is 0 Å². The van der Waals surface area contributed by atoms with Gasteiger partial charge in [0.1, 0.15) is 24.2 Å². The van der Waals surface area contributed by atoms with Gasteiger partial charge in [0.15, 0.2) is 5.78 Å². The topological polar surface area (TPSA) is 136 Å². The maximum atomic E-state index is 12.8. The number of hydrogen-bond acceptors (Lipinski definition) is 7. The first kappa shape index (κ1) is 32.2. The van der Waals surface area contributed by atoms with E-state index in [2.05, 4.69) is 6.92 Å². The zero-order valence-corrected chi connectivity index (χ0v) is 21.6. The van der Waals surface area contributed by atoms with Gasteiger partial charge < -0.3 is 25.4 Å². The van der Waals surface area contributed by atoms with Crippen LogP contribution < -0.4 is 5.73 Å². The lowest BCUT2D eigenvalue weighted by atomic mass is 9.84. The van der Waals surface area contributed by atoms with E-state index in [0.29, 0.717) is 5.57 Å². The van der Waals surface area contributed by atoms with Gasteiger partial charge in [-0.2, -0.15) is 0 Å². The Bertz CT molecular complexity index is 631. The van der Waals surface area contributed by atoms with Crippen molar-refractivity contribution in [2.45, 2.75) is 110 Å². The molecule has 0 saturated carbocycles. The minimum absolute atomic E-state index is 0.0609. The number of ether oxygens (including phenoxy) is 2. The molecule has 0 bridgehead atoms. The van der Waals surface area contributed by atoms with Crippen LogP contribution in [0.3, 0.4) is 0 Å². The van der Waals surface area contributed by atoms with Crippen LogP contribution in [0.15, 0.2) is 11.6 Å². The number of aliphatic carboxylic acids is 1. The summed E-state index contributed by atoms with van der Waals surface area (Å²) in [6.07, 6.45) is 12.9. The smallest absolute Gasteiger partial charge is 0.320 e. The van der Waals surface area contributed by atoms with Crippen LogP contribution in [0.4, 0.5) is 0 Å². The summed E-state index contributed by atoms with van der Waals surface area (Å²) >= 11 is 0. The summed E-state index contributed by atoms with van der Waals surface area (Å²) in [6.45, 7) is 6.58. The maximum absolute atomic E-state index is 12.8. The van der Waals surface area contributed by atoms with Gasteiger partial charge in [0.05, 0.1) is 6.61 Å². The van der Waals surface area contributed by atoms with Crippen LogP contribution in [0, 0.1) is 5.41 Å². The fraction of sp³-hybridized carbons (Fsp3) is 0.808. The van der Waals surface area contributed by atoms with Crippen molar-refractivity contribution < 1.29 is 34.1 Å². The van der Waals surface area contributed by atoms with Crippen LogP contribution in [0.25, 0.3) is 0 Å². The second kappa shape index (κ2) is 18.5. The summed E-state index contributed by atoms with van der Waals surface area (Å²) in [6, 6.07) is -1.03. The molecule has 0 amide bonds. The first-order valence-corrected chi connectivity index (χ1v) is 12.7. The van der Waals surface area contributed by atoms with Gasteiger partial charge in [0.25, 0.3) is 0 Å². The lowest BCUT2D eigenvalue weighted by Gasteiger charge is -2.22. The van der Waals surface area contributed by atoms with Gasteiger partial charge in [0, 0.05) is 6.61 Å². The van der Waals surface area contributed by atoms with E-state index in [-0.39, 0.29) is 32.0 Å². The van der Waals surface area contributed by atoms with E-state index in [4.69, 9.17) is 20.3 Å². The van der Waals surface area contributed by atoms with Gasteiger partial charge in [-0.05, 0) is 45.6 Å². The SMILES string of the molecule is CCCCCCCCCCC/C=C(\C)C(=O)C(C)(C)C(=O)OC[C@H](O)COCCC(N)C(=O)O. The van der Waals surface area contributed by atoms with E-state index in [0.717, 1.165) is 19.3 Å². The number of Topliss-reactive ketones (excluding diaryl/α,β-unsaturated/α-hetero) is 1. The molecule has 0 radical (unpaired) electrons. The fourth-order valence-corrected chi connectivity index (χ4v) is 3.41. The third-order valence-corrected chi connectivity index (χ3v) is 5.80. The van der Waals surface area contributed by atoms with E-state index in [1.165, 1.54) is 58.8 Å². The number of nitrogens with two attached hydrogens (primary N) is 1. The molecular formula is C26H47NO7. The summed E-state index contributed by atoms with van der Waals surface area (Å²) < 4.78 is 10.3. The Morgan fingerprint density at radius 2 is 1.53 bits per heavy atom. The van der Waals surface area contributed by atoms with Crippen molar-refractivity contribution in [1.29, 1.82) is 0 Å². The minimum atomic E-state index is -1.35. The molecule has 198 valence electrons. The van der Waals surface area contributed by atoms with Gasteiger partial charge >= 0.3 is 11.9 Å². The van der Waals surface area contributed by atoms with Crippen molar-refractivity contribution in [3.05, 3.63) is 11.6 Å². The zero-order valence-electron chi connectivity index (χ0n) is 21.6. The molecule has 0 aromatic rings. The number of unbranched alkanes of at least 4 members (excludes halogenated alkanes) is 9. The number of carboxylic acid groups (broad SMARTS) is 1. The Balaban J connectivity index is 4.20.